The van der Waals surface area contributed by atoms with Gasteiger partial charge < -0.3 is 18.6 Å². The van der Waals surface area contributed by atoms with Gasteiger partial charge in [-0.05, 0) is 190 Å². The summed E-state index contributed by atoms with van der Waals surface area (Å²) in [5, 5.41) is 8.94. The highest BCUT2D eigenvalue weighted by atomic mass is 16.3. The molecule has 0 saturated carbocycles. The number of fused-ring (bicyclic) bond motifs is 9. The van der Waals surface area contributed by atoms with Gasteiger partial charge in [0.15, 0.2) is 0 Å². The smallest absolute Gasteiger partial charge is 0.136 e. The summed E-state index contributed by atoms with van der Waals surface area (Å²) in [5.74, 6) is 1.58. The van der Waals surface area contributed by atoms with Crippen molar-refractivity contribution < 1.29 is 8.83 Å². The van der Waals surface area contributed by atoms with Crippen molar-refractivity contribution in [1.29, 1.82) is 0 Å². The summed E-state index contributed by atoms with van der Waals surface area (Å²) in [7, 11) is 0. The molecule has 11 aromatic rings. The minimum atomic E-state index is 0.345. The standard InChI is InChI=1S/C66H64N2O2/c1-37(2)45-21-25-57(53(31-45)39(5)6)67(65-41(9)15-13-16-42(65)10)51-23-19-47-33-55-61(35-49(47)29-51)69-59-27-28-60-64(63(55)59)56-34-48-20-24-52(30-50(48)36-62(56)70-60)68(66-43(11)17-14-18-44(66)12)58-26-22-46(38(3)4)32-54(58)40(7)8/h13-40H,1-12H3. The van der Waals surface area contributed by atoms with E-state index in [1.165, 1.54) is 67.3 Å². The summed E-state index contributed by atoms with van der Waals surface area (Å²) in [5.41, 5.74) is 21.0. The first-order chi connectivity index (χ1) is 33.6. The van der Waals surface area contributed by atoms with Gasteiger partial charge in [0.1, 0.15) is 22.3 Å². The summed E-state index contributed by atoms with van der Waals surface area (Å²) >= 11 is 0. The van der Waals surface area contributed by atoms with E-state index in [0.717, 1.165) is 76.8 Å². The van der Waals surface area contributed by atoms with Crippen LogP contribution in [0, 0.1) is 27.7 Å². The van der Waals surface area contributed by atoms with Crippen molar-refractivity contribution >= 4 is 99.5 Å². The molecule has 0 saturated heterocycles. The molecule has 0 unspecified atom stereocenters. The molecule has 0 fully saturated rings. The van der Waals surface area contributed by atoms with Gasteiger partial charge >= 0.3 is 0 Å². The molecule has 0 atom stereocenters. The minimum Gasteiger partial charge on any atom is -0.456 e. The molecule has 0 aliphatic heterocycles. The van der Waals surface area contributed by atoms with E-state index in [4.69, 9.17) is 8.83 Å². The zero-order valence-corrected chi connectivity index (χ0v) is 42.9. The SMILES string of the molecule is Cc1cccc(C)c1N(c1ccc2cc3c(cc2c1)oc1ccc2oc4cc5cc(N(c6ccc(C(C)C)cc6C(C)C)c6c(C)cccc6C)ccc5cc4c2c13)c1ccc(C(C)C)cc1C(C)C. The second-order valence-corrected chi connectivity index (χ2v) is 21.2. The van der Waals surface area contributed by atoms with Crippen LogP contribution in [0.5, 0.6) is 0 Å². The fourth-order valence-electron chi connectivity index (χ4n) is 11.2. The predicted octanol–water partition coefficient (Wildman–Crippen LogP) is 20.5. The van der Waals surface area contributed by atoms with Crippen molar-refractivity contribution in [3.05, 3.63) is 190 Å². The molecule has 0 bridgehead atoms. The largest absolute Gasteiger partial charge is 0.456 e. The summed E-state index contributed by atoms with van der Waals surface area (Å²) < 4.78 is 13.6. The van der Waals surface area contributed by atoms with Crippen LogP contribution >= 0.6 is 0 Å². The molecule has 0 radical (unpaired) electrons. The molecule has 0 amide bonds. The highest BCUT2D eigenvalue weighted by molar-refractivity contribution is 6.28. The van der Waals surface area contributed by atoms with Crippen molar-refractivity contribution in [3.63, 3.8) is 0 Å². The number of rotatable bonds is 10. The molecule has 2 heterocycles. The van der Waals surface area contributed by atoms with E-state index < -0.39 is 0 Å². The number of aryl methyl sites for hydroxylation is 4. The topological polar surface area (TPSA) is 32.8 Å². The van der Waals surface area contributed by atoms with E-state index >= 15 is 0 Å². The molecule has 0 N–H and O–H groups in total. The van der Waals surface area contributed by atoms with Crippen LogP contribution in [0.25, 0.3) is 65.4 Å². The zero-order valence-electron chi connectivity index (χ0n) is 42.9. The molecule has 11 rings (SSSR count). The average molecular weight is 917 g/mol. The molecular weight excluding hydrogens is 853 g/mol. The maximum atomic E-state index is 6.80. The van der Waals surface area contributed by atoms with Crippen LogP contribution in [0.4, 0.5) is 34.1 Å². The van der Waals surface area contributed by atoms with Crippen LogP contribution in [0.2, 0.25) is 0 Å². The van der Waals surface area contributed by atoms with Gasteiger partial charge in [-0.1, -0.05) is 128 Å². The van der Waals surface area contributed by atoms with E-state index in [1.54, 1.807) is 0 Å². The number of furan rings is 2. The van der Waals surface area contributed by atoms with Gasteiger partial charge in [-0.3, -0.25) is 0 Å². The molecule has 9 aromatic carbocycles. The first kappa shape index (κ1) is 45.2. The van der Waals surface area contributed by atoms with E-state index in [-0.39, 0.29) is 0 Å². The Bertz CT molecular complexity index is 3570. The fraction of sp³-hybridized carbons (Fsp3) is 0.242. The van der Waals surface area contributed by atoms with E-state index in [0.29, 0.717) is 23.7 Å². The Morgan fingerprint density at radius 1 is 0.343 bits per heavy atom. The van der Waals surface area contributed by atoms with Crippen molar-refractivity contribution in [2.24, 2.45) is 0 Å². The van der Waals surface area contributed by atoms with Crippen molar-refractivity contribution in [3.8, 4) is 0 Å². The predicted molar refractivity (Wildman–Crippen MR) is 301 cm³/mol. The maximum Gasteiger partial charge on any atom is 0.136 e. The lowest BCUT2D eigenvalue weighted by atomic mass is 9.92. The van der Waals surface area contributed by atoms with E-state index in [9.17, 15) is 0 Å². The Balaban J connectivity index is 1.05. The van der Waals surface area contributed by atoms with Gasteiger partial charge in [-0.15, -0.1) is 0 Å². The van der Waals surface area contributed by atoms with Crippen LogP contribution in [-0.4, -0.2) is 0 Å². The third kappa shape index (κ3) is 7.51. The Hall–Kier alpha value is -7.30. The van der Waals surface area contributed by atoms with Crippen LogP contribution < -0.4 is 9.80 Å². The lowest BCUT2D eigenvalue weighted by Gasteiger charge is -2.32. The van der Waals surface area contributed by atoms with Crippen LogP contribution in [0.1, 0.15) is 124 Å². The fourth-order valence-corrected chi connectivity index (χ4v) is 11.2. The number of anilines is 6. The summed E-state index contributed by atoms with van der Waals surface area (Å²) in [6, 6.07) is 54.4. The quantitative estimate of drug-likeness (QED) is 0.137. The normalized spacial score (nSPS) is 12.2. The molecule has 4 heteroatoms. The lowest BCUT2D eigenvalue weighted by Crippen LogP contribution is -2.15. The Morgan fingerprint density at radius 2 is 0.729 bits per heavy atom. The molecule has 2 aromatic heterocycles. The van der Waals surface area contributed by atoms with Gasteiger partial charge in [0.2, 0.25) is 0 Å². The molecule has 70 heavy (non-hydrogen) atoms. The second kappa shape index (κ2) is 17.3. The molecule has 0 spiro atoms. The zero-order chi connectivity index (χ0) is 48.9. The number of hydrogen-bond acceptors (Lipinski definition) is 4. The lowest BCUT2D eigenvalue weighted by molar-refractivity contribution is 0.663. The van der Waals surface area contributed by atoms with Crippen LogP contribution in [0.15, 0.2) is 154 Å². The molecule has 0 aliphatic carbocycles. The third-order valence-electron chi connectivity index (χ3n) is 15.0. The number of para-hydroxylation sites is 2. The highest BCUT2D eigenvalue weighted by Gasteiger charge is 2.25. The van der Waals surface area contributed by atoms with Crippen molar-refractivity contribution in [2.45, 2.75) is 107 Å². The molecular formula is C66H64N2O2. The first-order valence-electron chi connectivity index (χ1n) is 25.3. The summed E-state index contributed by atoms with van der Waals surface area (Å²) in [6.45, 7) is 27.2. The third-order valence-corrected chi connectivity index (χ3v) is 15.0. The second-order valence-electron chi connectivity index (χ2n) is 21.2. The number of hydrogen-bond donors (Lipinski definition) is 0. The van der Waals surface area contributed by atoms with Crippen molar-refractivity contribution in [1.82, 2.24) is 0 Å². The maximum absolute atomic E-state index is 6.80. The van der Waals surface area contributed by atoms with Gasteiger partial charge in [0, 0.05) is 44.3 Å². The Labute approximate surface area is 413 Å². The van der Waals surface area contributed by atoms with Gasteiger partial charge in [0.25, 0.3) is 0 Å². The summed E-state index contributed by atoms with van der Waals surface area (Å²) in [4.78, 5) is 4.96. The van der Waals surface area contributed by atoms with E-state index in [2.05, 4.69) is 238 Å². The Kier molecular flexibility index (Phi) is 11.1. The highest BCUT2D eigenvalue weighted by Crippen LogP contribution is 2.48. The number of nitrogens with zero attached hydrogens (tertiary/aromatic N) is 2. The van der Waals surface area contributed by atoms with Gasteiger partial charge in [-0.25, -0.2) is 0 Å². The average Bonchev–Trinajstić information content (AvgIpc) is 3.88. The summed E-state index contributed by atoms with van der Waals surface area (Å²) in [6.07, 6.45) is 0. The molecule has 4 nitrogen and oxygen atoms in total. The molecule has 0 aliphatic rings. The molecule has 350 valence electrons. The van der Waals surface area contributed by atoms with E-state index in [1.807, 2.05) is 0 Å². The van der Waals surface area contributed by atoms with Crippen molar-refractivity contribution in [2.75, 3.05) is 9.80 Å². The monoisotopic (exact) mass is 916 g/mol. The Morgan fingerprint density at radius 3 is 1.09 bits per heavy atom. The number of benzene rings is 9. The minimum absolute atomic E-state index is 0.345. The van der Waals surface area contributed by atoms with Crippen LogP contribution in [0.3, 0.4) is 0 Å². The van der Waals surface area contributed by atoms with Gasteiger partial charge in [-0.2, -0.15) is 0 Å². The van der Waals surface area contributed by atoms with Gasteiger partial charge in [0.05, 0.1) is 11.4 Å². The van der Waals surface area contributed by atoms with Crippen LogP contribution in [-0.2, 0) is 0 Å². The first-order valence-corrected chi connectivity index (χ1v) is 25.3.